The first-order valence-corrected chi connectivity index (χ1v) is 5.81. The first kappa shape index (κ1) is 12.3. The van der Waals surface area contributed by atoms with Gasteiger partial charge in [-0.1, -0.05) is 25.5 Å². The highest BCUT2D eigenvalue weighted by Crippen LogP contribution is 2.44. The minimum absolute atomic E-state index is 0.0589. The Hall–Kier alpha value is -0.790. The van der Waals surface area contributed by atoms with Crippen molar-refractivity contribution in [3.05, 3.63) is 16.9 Å². The normalized spacial score (nSPS) is 25.9. The van der Waals surface area contributed by atoms with Gasteiger partial charge < -0.3 is 5.21 Å². The molecule has 0 fully saturated rings. The maximum absolute atomic E-state index is 11.4. The predicted octanol–water partition coefficient (Wildman–Crippen LogP) is 3.36. The third-order valence-corrected chi connectivity index (χ3v) is 3.82. The van der Waals surface area contributed by atoms with Gasteiger partial charge in [0.2, 0.25) is 0 Å². The van der Waals surface area contributed by atoms with Crippen LogP contribution in [0.5, 0.6) is 0 Å². The van der Waals surface area contributed by atoms with Gasteiger partial charge in [0.05, 0.1) is 0 Å². The molecule has 0 unspecified atom stereocenters. The van der Waals surface area contributed by atoms with Crippen LogP contribution >= 0.6 is 0 Å². The molecular weight excluding hydrogens is 186 g/mol. The maximum Gasteiger partial charge on any atom is 0.157 e. The van der Waals surface area contributed by atoms with Crippen molar-refractivity contribution in [2.75, 3.05) is 0 Å². The number of hydroxylamine groups is 1. The number of nitrogens with zero attached hydrogens (tertiary/aromatic N) is 1. The molecule has 0 aromatic rings. The van der Waals surface area contributed by atoms with E-state index in [1.165, 1.54) is 5.57 Å². The number of rotatable bonds is 3. The Labute approximate surface area is 93.3 Å². The summed E-state index contributed by atoms with van der Waals surface area (Å²) < 4.78 is 1.07. The first-order chi connectivity index (χ1) is 6.85. The van der Waals surface area contributed by atoms with Gasteiger partial charge in [0.1, 0.15) is 0 Å². The molecule has 1 aliphatic rings. The van der Waals surface area contributed by atoms with Crippen LogP contribution in [0.4, 0.5) is 0 Å². The molecule has 2 heteroatoms. The second-order valence-electron chi connectivity index (χ2n) is 5.41. The lowest BCUT2D eigenvalue weighted by Crippen LogP contribution is -2.23. The van der Waals surface area contributed by atoms with Crippen LogP contribution in [0.1, 0.15) is 47.5 Å². The number of hydrogen-bond acceptors (Lipinski definition) is 1. The smallest absolute Gasteiger partial charge is 0.157 e. The summed E-state index contributed by atoms with van der Waals surface area (Å²) in [6.45, 7) is 10.6. The molecule has 0 saturated heterocycles. The fourth-order valence-electron chi connectivity index (χ4n) is 2.03. The van der Waals surface area contributed by atoms with E-state index in [4.69, 9.17) is 0 Å². The summed E-state index contributed by atoms with van der Waals surface area (Å²) in [5.74, 6) is 0.590. The molecule has 0 aromatic heterocycles. The average molecular weight is 209 g/mol. The molecule has 0 amide bonds. The van der Waals surface area contributed by atoms with E-state index in [-0.39, 0.29) is 11.5 Å². The van der Waals surface area contributed by atoms with E-state index in [1.54, 1.807) is 0 Å². The molecule has 0 N–H and O–H groups in total. The SMILES string of the molecule is CC1=CC[C@H](CC=[N+]([O-])C(C)C)C1(C)C. The monoisotopic (exact) mass is 209 g/mol. The summed E-state index contributed by atoms with van der Waals surface area (Å²) in [5.41, 5.74) is 1.72. The van der Waals surface area contributed by atoms with Crippen LogP contribution in [-0.2, 0) is 0 Å². The number of allylic oxidation sites excluding steroid dienone is 2. The van der Waals surface area contributed by atoms with Crippen LogP contribution in [0.3, 0.4) is 0 Å². The second-order valence-corrected chi connectivity index (χ2v) is 5.41. The molecule has 1 aliphatic carbocycles. The molecule has 0 aliphatic heterocycles. The highest BCUT2D eigenvalue weighted by molar-refractivity contribution is 5.52. The Morgan fingerprint density at radius 2 is 2.20 bits per heavy atom. The molecular formula is C13H23NO. The van der Waals surface area contributed by atoms with Crippen molar-refractivity contribution in [3.8, 4) is 0 Å². The quantitative estimate of drug-likeness (QED) is 0.230. The van der Waals surface area contributed by atoms with E-state index >= 15 is 0 Å². The minimum Gasteiger partial charge on any atom is -0.624 e. The van der Waals surface area contributed by atoms with Crippen molar-refractivity contribution >= 4 is 6.21 Å². The van der Waals surface area contributed by atoms with Gasteiger partial charge in [-0.25, -0.2) is 4.74 Å². The van der Waals surface area contributed by atoms with Gasteiger partial charge in [0.15, 0.2) is 12.3 Å². The number of hydrogen-bond donors (Lipinski definition) is 0. The van der Waals surface area contributed by atoms with E-state index in [2.05, 4.69) is 26.8 Å². The van der Waals surface area contributed by atoms with E-state index in [1.807, 2.05) is 20.1 Å². The zero-order chi connectivity index (χ0) is 11.6. The molecule has 0 radical (unpaired) electrons. The lowest BCUT2D eigenvalue weighted by molar-refractivity contribution is -0.488. The standard InChI is InChI=1S/C13H23NO/c1-10(2)14(15)9-8-12-7-6-11(3)13(12,4)5/h6,9-10,12H,7-8H2,1-5H3/t12-/m1/s1. The van der Waals surface area contributed by atoms with Crippen molar-refractivity contribution in [2.24, 2.45) is 11.3 Å². The Balaban J connectivity index is 2.60. The Morgan fingerprint density at radius 1 is 1.60 bits per heavy atom. The molecule has 2 nitrogen and oxygen atoms in total. The van der Waals surface area contributed by atoms with Crippen LogP contribution in [0.25, 0.3) is 0 Å². The van der Waals surface area contributed by atoms with Crippen LogP contribution in [0.2, 0.25) is 0 Å². The van der Waals surface area contributed by atoms with Gasteiger partial charge in [-0.05, 0) is 38.5 Å². The lowest BCUT2D eigenvalue weighted by atomic mass is 9.76. The van der Waals surface area contributed by atoms with Crippen LogP contribution in [-0.4, -0.2) is 17.0 Å². The van der Waals surface area contributed by atoms with Crippen molar-refractivity contribution in [1.82, 2.24) is 0 Å². The van der Waals surface area contributed by atoms with Crippen molar-refractivity contribution in [3.63, 3.8) is 0 Å². The topological polar surface area (TPSA) is 26.1 Å². The minimum atomic E-state index is 0.0589. The molecule has 1 rings (SSSR count). The van der Waals surface area contributed by atoms with Gasteiger partial charge >= 0.3 is 0 Å². The van der Waals surface area contributed by atoms with E-state index in [0.29, 0.717) is 5.92 Å². The summed E-state index contributed by atoms with van der Waals surface area (Å²) in [5, 5.41) is 11.4. The van der Waals surface area contributed by atoms with Crippen LogP contribution in [0.15, 0.2) is 11.6 Å². The highest BCUT2D eigenvalue weighted by Gasteiger charge is 2.34. The van der Waals surface area contributed by atoms with Gasteiger partial charge in [-0.2, -0.15) is 0 Å². The van der Waals surface area contributed by atoms with E-state index in [9.17, 15) is 5.21 Å². The summed E-state index contributed by atoms with van der Waals surface area (Å²) in [4.78, 5) is 0. The Bertz CT molecular complexity index is 287. The maximum atomic E-state index is 11.4. The van der Waals surface area contributed by atoms with Crippen molar-refractivity contribution < 1.29 is 4.74 Å². The average Bonchev–Trinajstić information content (AvgIpc) is 2.39. The zero-order valence-electron chi connectivity index (χ0n) is 10.6. The van der Waals surface area contributed by atoms with Gasteiger partial charge in [0.25, 0.3) is 0 Å². The van der Waals surface area contributed by atoms with E-state index < -0.39 is 0 Å². The van der Waals surface area contributed by atoms with Crippen molar-refractivity contribution in [2.45, 2.75) is 53.5 Å². The fourth-order valence-corrected chi connectivity index (χ4v) is 2.03. The zero-order valence-corrected chi connectivity index (χ0v) is 10.6. The summed E-state index contributed by atoms with van der Waals surface area (Å²) in [6, 6.07) is 0.0589. The second kappa shape index (κ2) is 4.38. The molecule has 0 bridgehead atoms. The third-order valence-electron chi connectivity index (χ3n) is 3.82. The van der Waals surface area contributed by atoms with Gasteiger partial charge in [0, 0.05) is 6.42 Å². The molecule has 0 aromatic carbocycles. The molecule has 15 heavy (non-hydrogen) atoms. The van der Waals surface area contributed by atoms with E-state index in [0.717, 1.165) is 17.6 Å². The first-order valence-electron chi connectivity index (χ1n) is 5.81. The van der Waals surface area contributed by atoms with Crippen molar-refractivity contribution in [1.29, 1.82) is 0 Å². The largest absolute Gasteiger partial charge is 0.624 e. The third kappa shape index (κ3) is 2.61. The fraction of sp³-hybridized carbons (Fsp3) is 0.769. The summed E-state index contributed by atoms with van der Waals surface area (Å²) in [7, 11) is 0. The lowest BCUT2D eigenvalue weighted by Gasteiger charge is -2.28. The van der Waals surface area contributed by atoms with Crippen LogP contribution in [0, 0.1) is 16.5 Å². The molecule has 0 heterocycles. The summed E-state index contributed by atoms with van der Waals surface area (Å²) in [6.07, 6.45) is 6.12. The molecule has 0 spiro atoms. The molecule has 0 saturated carbocycles. The predicted molar refractivity (Wildman–Crippen MR) is 65.1 cm³/mol. The highest BCUT2D eigenvalue weighted by atomic mass is 16.5. The molecule has 1 atom stereocenters. The van der Waals surface area contributed by atoms with Crippen LogP contribution < -0.4 is 0 Å². The van der Waals surface area contributed by atoms with Gasteiger partial charge in [-0.3, -0.25) is 0 Å². The summed E-state index contributed by atoms with van der Waals surface area (Å²) >= 11 is 0. The Kier molecular flexibility index (Phi) is 3.58. The molecule has 86 valence electrons. The Morgan fingerprint density at radius 3 is 2.60 bits per heavy atom. The van der Waals surface area contributed by atoms with Gasteiger partial charge in [-0.15, -0.1) is 0 Å².